The van der Waals surface area contributed by atoms with Crippen molar-refractivity contribution in [3.05, 3.63) is 72.4 Å². The van der Waals surface area contributed by atoms with Crippen LogP contribution in [0.25, 0.3) is 44.2 Å². The van der Waals surface area contributed by atoms with Crippen LogP contribution in [0.15, 0.2) is 60.8 Å². The van der Waals surface area contributed by atoms with E-state index in [1.165, 1.54) is 7.11 Å². The molecule has 3 saturated heterocycles. The predicted octanol–water partition coefficient (Wildman–Crippen LogP) is 6.62. The van der Waals surface area contributed by atoms with Gasteiger partial charge in [-0.05, 0) is 97.9 Å². The fraction of sp³-hybridized carbons (Fsp3) is 0.489. The summed E-state index contributed by atoms with van der Waals surface area (Å²) in [5.74, 6) is 1.46. The monoisotopic (exact) mass is 818 g/mol. The van der Waals surface area contributed by atoms with E-state index in [0.717, 1.165) is 75.7 Å². The van der Waals surface area contributed by atoms with Gasteiger partial charge in [0.15, 0.2) is 0 Å². The van der Waals surface area contributed by atoms with Crippen LogP contribution in [-0.4, -0.2) is 103 Å². The first-order valence-corrected chi connectivity index (χ1v) is 21.4. The maximum atomic E-state index is 14.1. The van der Waals surface area contributed by atoms with Crippen molar-refractivity contribution in [2.45, 2.75) is 95.9 Å². The molecule has 5 heterocycles. The third-order valence-electron chi connectivity index (χ3n) is 13.8. The SMILES string of the molecule is COC(=O)NC(C(=O)N1[C@@H]2CC[C@@H](C2)[C@H]1c1nc2ccc3cc(-c4ccc(-c5cnc(C6CCCN6[N+](O)(C(=O)[O-])C(C)C6CCOCC6)[nH]5)cc4)ccc3c2[nH]1)C(C)C. The minimum Gasteiger partial charge on any atom is -0.494 e. The topological polar surface area (TPSA) is 189 Å². The molecule has 4 N–H and O–H groups in total. The van der Waals surface area contributed by atoms with Crippen molar-refractivity contribution in [1.82, 2.24) is 35.2 Å². The van der Waals surface area contributed by atoms with Gasteiger partial charge in [0.1, 0.15) is 29.8 Å². The lowest BCUT2D eigenvalue weighted by atomic mass is 9.92. The normalized spacial score (nSPS) is 24.3. The summed E-state index contributed by atoms with van der Waals surface area (Å²) >= 11 is 0. The highest BCUT2D eigenvalue weighted by molar-refractivity contribution is 6.05. The number of carbonyl (C=O) groups excluding carboxylic acids is 3. The van der Waals surface area contributed by atoms with E-state index >= 15 is 0 Å². The summed E-state index contributed by atoms with van der Waals surface area (Å²) < 4.78 is 9.07. The maximum absolute atomic E-state index is 14.1. The summed E-state index contributed by atoms with van der Waals surface area (Å²) in [6.07, 6.45) is 5.27. The highest BCUT2D eigenvalue weighted by Crippen LogP contribution is 2.50. The molecule has 3 aliphatic heterocycles. The van der Waals surface area contributed by atoms with Crippen molar-refractivity contribution >= 4 is 39.9 Å². The van der Waals surface area contributed by atoms with E-state index in [0.29, 0.717) is 50.8 Å². The van der Waals surface area contributed by atoms with Crippen LogP contribution >= 0.6 is 0 Å². The Hall–Kier alpha value is -5.35. The summed E-state index contributed by atoms with van der Waals surface area (Å²) in [5.41, 5.74) is 5.61. The van der Waals surface area contributed by atoms with Gasteiger partial charge < -0.3 is 39.6 Å². The number of imidazole rings is 2. The molecule has 3 amide bonds. The summed E-state index contributed by atoms with van der Waals surface area (Å²) in [6, 6.07) is 16.9. The zero-order chi connectivity index (χ0) is 41.9. The van der Waals surface area contributed by atoms with E-state index in [1.807, 2.05) is 36.9 Å². The Labute approximate surface area is 348 Å². The number of hydrogen-bond donors (Lipinski definition) is 4. The first-order valence-electron chi connectivity index (χ1n) is 21.4. The number of carbonyl (C=O) groups is 3. The fourth-order valence-electron chi connectivity index (χ4n) is 10.6. The lowest BCUT2D eigenvalue weighted by Crippen LogP contribution is -2.70. The number of nitrogens with zero attached hydrogens (tertiary/aromatic N) is 5. The zero-order valence-corrected chi connectivity index (χ0v) is 34.6. The van der Waals surface area contributed by atoms with Crippen molar-refractivity contribution in [2.24, 2.45) is 17.8 Å². The summed E-state index contributed by atoms with van der Waals surface area (Å²) in [4.78, 5) is 57.7. The Kier molecular flexibility index (Phi) is 10.6. The van der Waals surface area contributed by atoms with Crippen LogP contribution < -0.4 is 10.4 Å². The van der Waals surface area contributed by atoms with Crippen molar-refractivity contribution in [1.29, 1.82) is 0 Å². The van der Waals surface area contributed by atoms with Crippen LogP contribution in [-0.2, 0) is 14.3 Å². The van der Waals surface area contributed by atoms with Gasteiger partial charge in [0.2, 0.25) is 5.91 Å². The molecule has 7 atom stereocenters. The van der Waals surface area contributed by atoms with Gasteiger partial charge in [0.25, 0.3) is 0 Å². The lowest BCUT2D eigenvalue weighted by Gasteiger charge is -2.45. The molecule has 3 aromatic carbocycles. The number of quaternary nitrogens is 1. The number of piperidine rings is 1. The molecule has 1 aliphatic carbocycles. The molecule has 2 bridgehead atoms. The second-order valence-corrected chi connectivity index (χ2v) is 17.5. The van der Waals surface area contributed by atoms with E-state index in [-0.39, 0.29) is 29.8 Å². The van der Waals surface area contributed by atoms with Gasteiger partial charge in [0, 0.05) is 30.6 Å². The fourth-order valence-corrected chi connectivity index (χ4v) is 10.6. The highest BCUT2D eigenvalue weighted by Gasteiger charge is 2.53. The summed E-state index contributed by atoms with van der Waals surface area (Å²) in [7, 11) is 1.31. The molecule has 60 heavy (non-hydrogen) atoms. The number of methoxy groups -OCH3 is 1. The number of amides is 3. The number of alkyl carbamates (subject to hydrolysis) is 1. The number of rotatable bonds is 10. The first kappa shape index (κ1) is 40.1. The molecule has 4 aliphatic rings. The molecule has 9 rings (SSSR count). The quantitative estimate of drug-likeness (QED) is 0.0677. The Balaban J connectivity index is 0.935. The second kappa shape index (κ2) is 15.9. The van der Waals surface area contributed by atoms with Crippen molar-refractivity contribution in [3.63, 3.8) is 0 Å². The van der Waals surface area contributed by atoms with E-state index < -0.39 is 35.1 Å². The summed E-state index contributed by atoms with van der Waals surface area (Å²) in [6.45, 7) is 7.15. The standard InChI is InChI=1S/C45H54N8O7/c1-25(2)38(50-44(55)59-4)43(54)52-33-14-11-32(23-33)40(52)42-47-35-16-13-31-22-30(12-15-34(31)39(35)49-42)28-7-9-29(10-8-28)36-24-46-41(48-36)37-6-5-19-51(37)53(58,45(56)57)26(3)27-17-20-60-21-18-27/h7-10,12-13,15-16,22,24-27,32-33,37-38,40,58H,5-6,11,14,17-21,23H2,1-4H3,(H3-,46,47,48,49,50,55,56,57)/t26?,32-,33+,37?,38?,40-,53?/m0/s1. The third kappa shape index (κ3) is 6.90. The molecule has 1 saturated carbocycles. The Morgan fingerprint density at radius 3 is 2.43 bits per heavy atom. The zero-order valence-electron chi connectivity index (χ0n) is 34.6. The number of H-pyrrole nitrogens is 2. The van der Waals surface area contributed by atoms with Gasteiger partial charge in [-0.3, -0.25) is 4.79 Å². The first-order chi connectivity index (χ1) is 29.0. The number of hydroxylamine groups is 2. The number of carboxylic acid groups (broad SMARTS) is 1. The third-order valence-corrected chi connectivity index (χ3v) is 13.8. The molecular weight excluding hydrogens is 765 g/mol. The van der Waals surface area contributed by atoms with Crippen molar-refractivity contribution in [3.8, 4) is 22.4 Å². The molecular formula is C45H54N8O7. The number of likely N-dealkylation sites (tertiary alicyclic amines) is 1. The van der Waals surface area contributed by atoms with Gasteiger partial charge in [-0.1, -0.05) is 61.1 Å². The molecule has 5 aromatic rings. The number of benzene rings is 3. The highest BCUT2D eigenvalue weighted by atomic mass is 16.7. The minimum absolute atomic E-state index is 0.0138. The van der Waals surface area contributed by atoms with Gasteiger partial charge in [-0.25, -0.2) is 14.8 Å². The van der Waals surface area contributed by atoms with Crippen LogP contribution in [0.4, 0.5) is 9.59 Å². The molecule has 0 radical (unpaired) electrons. The van der Waals surface area contributed by atoms with E-state index in [4.69, 9.17) is 14.5 Å². The second-order valence-electron chi connectivity index (χ2n) is 17.5. The molecule has 4 fully saturated rings. The molecule has 15 nitrogen and oxygen atoms in total. The molecule has 4 unspecified atom stereocenters. The molecule has 0 spiro atoms. The molecule has 2 aromatic heterocycles. The molecule has 15 heteroatoms. The largest absolute Gasteiger partial charge is 0.494 e. The van der Waals surface area contributed by atoms with Gasteiger partial charge in [-0.2, -0.15) is 5.21 Å². The van der Waals surface area contributed by atoms with Crippen LogP contribution in [0.1, 0.15) is 89.4 Å². The van der Waals surface area contributed by atoms with E-state index in [1.54, 1.807) is 18.1 Å². The number of hydrogen-bond acceptors (Lipinski definition) is 10. The smallest absolute Gasteiger partial charge is 0.407 e. The van der Waals surface area contributed by atoms with Gasteiger partial charge in [-0.15, -0.1) is 5.01 Å². The summed E-state index contributed by atoms with van der Waals surface area (Å²) in [5, 5.41) is 30.9. The van der Waals surface area contributed by atoms with Crippen LogP contribution in [0, 0.1) is 17.8 Å². The average Bonchev–Trinajstić information content (AvgIpc) is 4.13. The molecule has 316 valence electrons. The number of fused-ring (bicyclic) bond motifs is 5. The number of ether oxygens (including phenoxy) is 2. The number of aromatic nitrogens is 4. The maximum Gasteiger partial charge on any atom is 0.407 e. The van der Waals surface area contributed by atoms with E-state index in [9.17, 15) is 24.7 Å². The average molecular weight is 819 g/mol. The van der Waals surface area contributed by atoms with Gasteiger partial charge >= 0.3 is 12.2 Å². The lowest BCUT2D eigenvalue weighted by molar-refractivity contribution is -1.16. The van der Waals surface area contributed by atoms with Crippen LogP contribution in [0.5, 0.6) is 0 Å². The number of aromatic amines is 2. The van der Waals surface area contributed by atoms with Crippen molar-refractivity contribution in [2.75, 3.05) is 26.9 Å². The minimum atomic E-state index is -1.53. The number of nitrogens with one attached hydrogen (secondary N) is 3. The predicted molar refractivity (Wildman–Crippen MR) is 221 cm³/mol. The van der Waals surface area contributed by atoms with Crippen LogP contribution in [0.2, 0.25) is 0 Å². The van der Waals surface area contributed by atoms with Crippen LogP contribution in [0.3, 0.4) is 0 Å². The Morgan fingerprint density at radius 1 is 0.950 bits per heavy atom. The van der Waals surface area contributed by atoms with Gasteiger partial charge in [0.05, 0.1) is 42.6 Å². The van der Waals surface area contributed by atoms with E-state index in [2.05, 4.69) is 56.7 Å². The Bertz CT molecular complexity index is 2410. The van der Waals surface area contributed by atoms with Crippen molar-refractivity contribution < 1.29 is 38.9 Å². The Morgan fingerprint density at radius 2 is 1.70 bits per heavy atom.